The first-order chi connectivity index (χ1) is 9.10. The van der Waals surface area contributed by atoms with Gasteiger partial charge in [-0.3, -0.25) is 9.59 Å². The Morgan fingerprint density at radius 1 is 1.47 bits per heavy atom. The molecule has 1 heterocycles. The van der Waals surface area contributed by atoms with Gasteiger partial charge < -0.3 is 14.8 Å². The van der Waals surface area contributed by atoms with E-state index in [1.807, 2.05) is 6.92 Å². The van der Waals surface area contributed by atoms with Crippen molar-refractivity contribution in [3.05, 3.63) is 17.8 Å². The normalized spacial score (nSPS) is 22.4. The van der Waals surface area contributed by atoms with Crippen LogP contribution in [-0.2, 0) is 22.6 Å². The molecule has 104 valence electrons. The first kappa shape index (κ1) is 13.6. The van der Waals surface area contributed by atoms with Crippen LogP contribution in [0.5, 0.6) is 0 Å². The molecule has 6 heteroatoms. The van der Waals surface area contributed by atoms with Gasteiger partial charge in [0.05, 0.1) is 18.7 Å². The first-order valence-electron chi connectivity index (χ1n) is 6.54. The molecule has 0 aliphatic heterocycles. The molecule has 1 aliphatic rings. The number of hydrogen-bond acceptors (Lipinski definition) is 4. The lowest BCUT2D eigenvalue weighted by Gasteiger charge is -2.09. The maximum absolute atomic E-state index is 11.9. The fourth-order valence-corrected chi connectivity index (χ4v) is 2.34. The Balaban J connectivity index is 1.80. The summed E-state index contributed by atoms with van der Waals surface area (Å²) in [6, 6.07) is 0. The van der Waals surface area contributed by atoms with E-state index in [4.69, 9.17) is 9.52 Å². The highest BCUT2D eigenvalue weighted by Gasteiger charge is 2.33. The average molecular weight is 266 g/mol. The highest BCUT2D eigenvalue weighted by atomic mass is 16.4. The van der Waals surface area contributed by atoms with Crippen molar-refractivity contribution in [3.63, 3.8) is 0 Å². The quantitative estimate of drug-likeness (QED) is 0.839. The Morgan fingerprint density at radius 2 is 2.21 bits per heavy atom. The second-order valence-corrected chi connectivity index (χ2v) is 4.84. The molecular weight excluding hydrogens is 248 g/mol. The molecule has 2 N–H and O–H groups in total. The van der Waals surface area contributed by atoms with E-state index in [2.05, 4.69) is 10.3 Å². The summed E-state index contributed by atoms with van der Waals surface area (Å²) in [7, 11) is 0. The number of carbonyl (C=O) groups excluding carboxylic acids is 1. The molecule has 0 aromatic carbocycles. The summed E-state index contributed by atoms with van der Waals surface area (Å²) in [5.41, 5.74) is 0. The van der Waals surface area contributed by atoms with Crippen LogP contribution in [0.25, 0.3) is 0 Å². The van der Waals surface area contributed by atoms with Gasteiger partial charge in [-0.15, -0.1) is 0 Å². The van der Waals surface area contributed by atoms with E-state index in [0.717, 1.165) is 12.2 Å². The third kappa shape index (κ3) is 3.33. The van der Waals surface area contributed by atoms with E-state index in [0.29, 0.717) is 25.2 Å². The molecule has 0 bridgehead atoms. The van der Waals surface area contributed by atoms with E-state index in [1.165, 1.54) is 0 Å². The van der Waals surface area contributed by atoms with E-state index >= 15 is 0 Å². The lowest BCUT2D eigenvalue weighted by atomic mass is 10.0. The fourth-order valence-electron chi connectivity index (χ4n) is 2.34. The fraction of sp³-hybridized carbons (Fsp3) is 0.615. The number of aryl methyl sites for hydroxylation is 1. The third-order valence-electron chi connectivity index (χ3n) is 3.52. The van der Waals surface area contributed by atoms with Gasteiger partial charge in [-0.1, -0.05) is 6.92 Å². The maximum Gasteiger partial charge on any atom is 0.306 e. The number of amides is 1. The Bertz CT molecular complexity index is 469. The van der Waals surface area contributed by atoms with Crippen molar-refractivity contribution in [3.8, 4) is 0 Å². The largest absolute Gasteiger partial charge is 0.481 e. The molecule has 0 unspecified atom stereocenters. The van der Waals surface area contributed by atoms with Crippen molar-refractivity contribution in [2.45, 2.75) is 39.2 Å². The summed E-state index contributed by atoms with van der Waals surface area (Å²) < 4.78 is 5.39. The molecule has 19 heavy (non-hydrogen) atoms. The topological polar surface area (TPSA) is 92.4 Å². The van der Waals surface area contributed by atoms with E-state index < -0.39 is 5.97 Å². The molecule has 0 saturated heterocycles. The first-order valence-corrected chi connectivity index (χ1v) is 6.54. The molecule has 0 spiro atoms. The summed E-state index contributed by atoms with van der Waals surface area (Å²) in [6.07, 6.45) is 4.05. The molecule has 1 saturated carbocycles. The van der Waals surface area contributed by atoms with Crippen LogP contribution >= 0.6 is 0 Å². The number of hydrogen-bond donors (Lipinski definition) is 2. The van der Waals surface area contributed by atoms with Crippen LogP contribution in [0.3, 0.4) is 0 Å². The Kier molecular flexibility index (Phi) is 4.19. The maximum atomic E-state index is 11.9. The summed E-state index contributed by atoms with van der Waals surface area (Å²) in [4.78, 5) is 26.8. The van der Waals surface area contributed by atoms with E-state index in [1.54, 1.807) is 6.20 Å². The van der Waals surface area contributed by atoms with Gasteiger partial charge in [0, 0.05) is 12.3 Å². The van der Waals surface area contributed by atoms with Gasteiger partial charge >= 0.3 is 5.97 Å². The molecule has 1 amide bonds. The minimum atomic E-state index is -0.810. The molecule has 0 radical (unpaired) electrons. The number of carboxylic acid groups (broad SMARTS) is 1. The molecule has 1 fully saturated rings. The number of nitrogens with zero attached hydrogens (tertiary/aromatic N) is 1. The standard InChI is InChI=1S/C13H18N2O4/c1-2-10-6-14-11(19-10)7-15-12(16)8-3-4-9(5-8)13(17)18/h6,8-9H,2-5,7H2,1H3,(H,15,16)(H,17,18)/t8-,9+/m1/s1. The molecule has 6 nitrogen and oxygen atoms in total. The number of aliphatic carboxylic acids is 1. The van der Waals surface area contributed by atoms with Gasteiger partial charge in [0.2, 0.25) is 11.8 Å². The van der Waals surface area contributed by atoms with E-state index in [-0.39, 0.29) is 24.3 Å². The van der Waals surface area contributed by atoms with Crippen LogP contribution in [0.1, 0.15) is 37.8 Å². The van der Waals surface area contributed by atoms with Crippen LogP contribution in [-0.4, -0.2) is 22.0 Å². The molecule has 1 aromatic heterocycles. The number of oxazole rings is 1. The number of carbonyl (C=O) groups is 2. The molecular formula is C13H18N2O4. The summed E-state index contributed by atoms with van der Waals surface area (Å²) in [6.45, 7) is 2.22. The van der Waals surface area contributed by atoms with Crippen LogP contribution in [0.2, 0.25) is 0 Å². The highest BCUT2D eigenvalue weighted by molar-refractivity contribution is 5.80. The van der Waals surface area contributed by atoms with Crippen LogP contribution in [0, 0.1) is 11.8 Å². The zero-order chi connectivity index (χ0) is 13.8. The van der Waals surface area contributed by atoms with Crippen LogP contribution < -0.4 is 5.32 Å². The average Bonchev–Trinajstić information content (AvgIpc) is 3.04. The van der Waals surface area contributed by atoms with Crippen molar-refractivity contribution in [1.82, 2.24) is 10.3 Å². The van der Waals surface area contributed by atoms with Gasteiger partial charge in [-0.05, 0) is 19.3 Å². The van der Waals surface area contributed by atoms with Gasteiger partial charge in [-0.2, -0.15) is 0 Å². The summed E-state index contributed by atoms with van der Waals surface area (Å²) in [5.74, 6) is -0.240. The Morgan fingerprint density at radius 3 is 2.79 bits per heavy atom. The second kappa shape index (κ2) is 5.86. The van der Waals surface area contributed by atoms with Crippen LogP contribution in [0.4, 0.5) is 0 Å². The lowest BCUT2D eigenvalue weighted by Crippen LogP contribution is -2.29. The monoisotopic (exact) mass is 266 g/mol. The number of nitrogens with one attached hydrogen (secondary N) is 1. The number of carboxylic acids is 1. The zero-order valence-corrected chi connectivity index (χ0v) is 10.9. The minimum absolute atomic E-state index is 0.111. The van der Waals surface area contributed by atoms with Crippen molar-refractivity contribution in [2.24, 2.45) is 11.8 Å². The zero-order valence-electron chi connectivity index (χ0n) is 10.9. The van der Waals surface area contributed by atoms with Gasteiger partial charge in [0.15, 0.2) is 0 Å². The lowest BCUT2D eigenvalue weighted by molar-refractivity contribution is -0.141. The van der Waals surface area contributed by atoms with Gasteiger partial charge in [0.1, 0.15) is 5.76 Å². The predicted octanol–water partition coefficient (Wildman–Crippen LogP) is 1.35. The molecule has 1 aromatic rings. The number of rotatable bonds is 5. The van der Waals surface area contributed by atoms with Crippen molar-refractivity contribution < 1.29 is 19.1 Å². The highest BCUT2D eigenvalue weighted by Crippen LogP contribution is 2.31. The van der Waals surface area contributed by atoms with Crippen molar-refractivity contribution >= 4 is 11.9 Å². The van der Waals surface area contributed by atoms with Crippen LogP contribution in [0.15, 0.2) is 10.6 Å². The SMILES string of the molecule is CCc1cnc(CNC(=O)[C@@H]2CC[C@H](C(=O)O)C2)o1. The molecule has 1 aliphatic carbocycles. The predicted molar refractivity (Wildman–Crippen MR) is 66.2 cm³/mol. The molecule has 2 atom stereocenters. The van der Waals surface area contributed by atoms with Gasteiger partial charge in [0.25, 0.3) is 0 Å². The van der Waals surface area contributed by atoms with Crippen molar-refractivity contribution in [2.75, 3.05) is 0 Å². The van der Waals surface area contributed by atoms with Gasteiger partial charge in [-0.25, -0.2) is 4.98 Å². The second-order valence-electron chi connectivity index (χ2n) is 4.84. The Labute approximate surface area is 111 Å². The van der Waals surface area contributed by atoms with E-state index in [9.17, 15) is 9.59 Å². The third-order valence-corrected chi connectivity index (χ3v) is 3.52. The smallest absolute Gasteiger partial charge is 0.306 e. The number of aromatic nitrogens is 1. The molecule has 2 rings (SSSR count). The summed E-state index contributed by atoms with van der Waals surface area (Å²) in [5, 5.41) is 11.6. The Hall–Kier alpha value is -1.85. The summed E-state index contributed by atoms with van der Waals surface area (Å²) >= 11 is 0. The minimum Gasteiger partial charge on any atom is -0.481 e. The van der Waals surface area contributed by atoms with Crippen molar-refractivity contribution in [1.29, 1.82) is 0 Å².